The SMILES string of the molecule is CSc1ccccc1NC(=O)[C@H](C)Oc1cccc2ccccc12. The van der Waals surface area contributed by atoms with Crippen molar-refractivity contribution in [1.29, 1.82) is 0 Å². The summed E-state index contributed by atoms with van der Waals surface area (Å²) in [6.07, 6.45) is 1.40. The maximum Gasteiger partial charge on any atom is 0.265 e. The Hall–Kier alpha value is -2.46. The summed E-state index contributed by atoms with van der Waals surface area (Å²) >= 11 is 1.60. The third kappa shape index (κ3) is 3.54. The Bertz CT molecular complexity index is 858. The van der Waals surface area contributed by atoms with Crippen molar-refractivity contribution in [1.82, 2.24) is 0 Å². The second-order valence-corrected chi connectivity index (χ2v) is 6.27. The molecule has 0 aromatic heterocycles. The van der Waals surface area contributed by atoms with Gasteiger partial charge in [0.15, 0.2) is 6.10 Å². The lowest BCUT2D eigenvalue weighted by molar-refractivity contribution is -0.122. The predicted octanol–water partition coefficient (Wildman–Crippen LogP) is 4.97. The average Bonchev–Trinajstić information content (AvgIpc) is 2.62. The lowest BCUT2D eigenvalue weighted by atomic mass is 10.1. The molecule has 3 aromatic carbocycles. The van der Waals surface area contributed by atoms with Crippen LogP contribution in [0.4, 0.5) is 5.69 Å². The minimum absolute atomic E-state index is 0.163. The van der Waals surface area contributed by atoms with E-state index in [2.05, 4.69) is 5.32 Å². The predicted molar refractivity (Wildman–Crippen MR) is 101 cm³/mol. The van der Waals surface area contributed by atoms with Gasteiger partial charge >= 0.3 is 0 Å². The Balaban J connectivity index is 1.76. The molecule has 4 heteroatoms. The average molecular weight is 337 g/mol. The number of rotatable bonds is 5. The van der Waals surface area contributed by atoms with Crippen LogP contribution in [-0.2, 0) is 4.79 Å². The molecule has 0 heterocycles. The van der Waals surface area contributed by atoms with E-state index in [-0.39, 0.29) is 5.91 Å². The third-order valence-corrected chi connectivity index (χ3v) is 4.58. The van der Waals surface area contributed by atoms with Gasteiger partial charge in [0.1, 0.15) is 5.75 Å². The number of thioether (sulfide) groups is 1. The fourth-order valence-electron chi connectivity index (χ4n) is 2.52. The molecule has 0 saturated carbocycles. The maximum atomic E-state index is 12.5. The van der Waals surface area contributed by atoms with Crippen LogP contribution in [0.15, 0.2) is 71.6 Å². The monoisotopic (exact) mass is 337 g/mol. The topological polar surface area (TPSA) is 38.3 Å². The molecule has 0 fully saturated rings. The van der Waals surface area contributed by atoms with Gasteiger partial charge in [0, 0.05) is 10.3 Å². The van der Waals surface area contributed by atoms with Crippen molar-refractivity contribution in [3.63, 3.8) is 0 Å². The van der Waals surface area contributed by atoms with Crippen LogP contribution in [0, 0.1) is 0 Å². The van der Waals surface area contributed by atoms with E-state index in [1.807, 2.05) is 73.0 Å². The number of carbonyl (C=O) groups is 1. The number of anilines is 1. The Labute approximate surface area is 146 Å². The number of nitrogens with one attached hydrogen (secondary N) is 1. The van der Waals surface area contributed by atoms with E-state index in [1.54, 1.807) is 18.7 Å². The zero-order chi connectivity index (χ0) is 16.9. The second-order valence-electron chi connectivity index (χ2n) is 5.43. The van der Waals surface area contributed by atoms with Gasteiger partial charge in [-0.1, -0.05) is 48.5 Å². The number of para-hydroxylation sites is 1. The summed E-state index contributed by atoms with van der Waals surface area (Å²) in [5, 5.41) is 5.04. The van der Waals surface area contributed by atoms with Crippen LogP contribution in [0.5, 0.6) is 5.75 Å². The van der Waals surface area contributed by atoms with Gasteiger partial charge in [0.2, 0.25) is 0 Å². The molecule has 0 radical (unpaired) electrons. The van der Waals surface area contributed by atoms with Crippen molar-refractivity contribution in [2.24, 2.45) is 0 Å². The molecule has 122 valence electrons. The van der Waals surface area contributed by atoms with Crippen LogP contribution >= 0.6 is 11.8 Å². The Kier molecular flexibility index (Phi) is 5.06. The fourth-order valence-corrected chi connectivity index (χ4v) is 3.08. The molecular formula is C20H19NO2S. The van der Waals surface area contributed by atoms with Crippen LogP contribution in [0.1, 0.15) is 6.92 Å². The quantitative estimate of drug-likeness (QED) is 0.668. The first-order valence-corrected chi connectivity index (χ1v) is 9.00. The van der Waals surface area contributed by atoms with Gasteiger partial charge in [0.25, 0.3) is 5.91 Å². The summed E-state index contributed by atoms with van der Waals surface area (Å²) in [5.74, 6) is 0.554. The van der Waals surface area contributed by atoms with Crippen molar-refractivity contribution in [3.05, 3.63) is 66.7 Å². The van der Waals surface area contributed by atoms with E-state index in [1.165, 1.54) is 0 Å². The zero-order valence-electron chi connectivity index (χ0n) is 13.7. The standard InChI is InChI=1S/C20H19NO2S/c1-14(20(22)21-17-11-5-6-13-19(17)24-2)23-18-12-7-9-15-8-3-4-10-16(15)18/h3-14H,1-2H3,(H,21,22)/t14-/m0/s1. The minimum Gasteiger partial charge on any atom is -0.480 e. The number of amides is 1. The van der Waals surface area contributed by atoms with Crippen molar-refractivity contribution in [3.8, 4) is 5.75 Å². The molecule has 0 spiro atoms. The number of carbonyl (C=O) groups excluding carboxylic acids is 1. The van der Waals surface area contributed by atoms with Gasteiger partial charge in [-0.05, 0) is 36.8 Å². The Morgan fingerprint density at radius 2 is 1.71 bits per heavy atom. The van der Waals surface area contributed by atoms with E-state index in [9.17, 15) is 4.79 Å². The minimum atomic E-state index is -0.592. The molecule has 1 amide bonds. The number of fused-ring (bicyclic) bond motifs is 1. The molecule has 0 aliphatic rings. The molecule has 1 atom stereocenters. The van der Waals surface area contributed by atoms with Crippen molar-refractivity contribution in [2.45, 2.75) is 17.9 Å². The zero-order valence-corrected chi connectivity index (χ0v) is 14.5. The van der Waals surface area contributed by atoms with Gasteiger partial charge in [-0.15, -0.1) is 11.8 Å². The summed E-state index contributed by atoms with van der Waals surface area (Å²) in [7, 11) is 0. The largest absolute Gasteiger partial charge is 0.480 e. The molecule has 24 heavy (non-hydrogen) atoms. The van der Waals surface area contributed by atoms with E-state index in [4.69, 9.17) is 4.74 Å². The summed E-state index contributed by atoms with van der Waals surface area (Å²) in [5.41, 5.74) is 0.809. The number of hydrogen-bond donors (Lipinski definition) is 1. The fraction of sp³-hybridized carbons (Fsp3) is 0.150. The second kappa shape index (κ2) is 7.41. The van der Waals surface area contributed by atoms with E-state index >= 15 is 0 Å². The van der Waals surface area contributed by atoms with Crippen LogP contribution in [0.3, 0.4) is 0 Å². The molecule has 1 N–H and O–H groups in total. The first kappa shape index (κ1) is 16.4. The summed E-state index contributed by atoms with van der Waals surface area (Å²) in [6.45, 7) is 1.76. The highest BCUT2D eigenvalue weighted by molar-refractivity contribution is 7.98. The van der Waals surface area contributed by atoms with Crippen molar-refractivity contribution < 1.29 is 9.53 Å². The molecule has 3 aromatic rings. The highest BCUT2D eigenvalue weighted by Gasteiger charge is 2.17. The molecule has 3 nitrogen and oxygen atoms in total. The molecule has 3 rings (SSSR count). The Morgan fingerprint density at radius 3 is 2.54 bits per heavy atom. The first-order valence-electron chi connectivity index (χ1n) is 7.77. The van der Waals surface area contributed by atoms with Gasteiger partial charge in [0.05, 0.1) is 5.69 Å². The van der Waals surface area contributed by atoms with Gasteiger partial charge in [-0.25, -0.2) is 0 Å². The van der Waals surface area contributed by atoms with Crippen LogP contribution < -0.4 is 10.1 Å². The Morgan fingerprint density at radius 1 is 1.00 bits per heavy atom. The van der Waals surface area contributed by atoms with Crippen LogP contribution in [0.25, 0.3) is 10.8 Å². The number of ether oxygens (including phenoxy) is 1. The van der Waals surface area contributed by atoms with E-state index in [0.717, 1.165) is 21.4 Å². The summed E-state index contributed by atoms with van der Waals surface area (Å²) in [6, 6.07) is 21.6. The third-order valence-electron chi connectivity index (χ3n) is 3.79. The molecule has 0 aliphatic heterocycles. The molecule has 0 unspecified atom stereocenters. The number of benzene rings is 3. The molecule has 0 bridgehead atoms. The lowest BCUT2D eigenvalue weighted by Gasteiger charge is -2.17. The van der Waals surface area contributed by atoms with E-state index in [0.29, 0.717) is 5.75 Å². The van der Waals surface area contributed by atoms with Crippen LogP contribution in [0.2, 0.25) is 0 Å². The van der Waals surface area contributed by atoms with Crippen LogP contribution in [-0.4, -0.2) is 18.3 Å². The van der Waals surface area contributed by atoms with Crippen molar-refractivity contribution in [2.75, 3.05) is 11.6 Å². The van der Waals surface area contributed by atoms with Gasteiger partial charge in [-0.3, -0.25) is 4.79 Å². The maximum absolute atomic E-state index is 12.5. The summed E-state index contributed by atoms with van der Waals surface area (Å²) in [4.78, 5) is 13.5. The number of hydrogen-bond acceptors (Lipinski definition) is 3. The smallest absolute Gasteiger partial charge is 0.265 e. The molecule has 0 aliphatic carbocycles. The lowest BCUT2D eigenvalue weighted by Crippen LogP contribution is -2.30. The van der Waals surface area contributed by atoms with Gasteiger partial charge < -0.3 is 10.1 Å². The normalized spacial score (nSPS) is 11.9. The molecule has 0 saturated heterocycles. The van der Waals surface area contributed by atoms with E-state index < -0.39 is 6.10 Å². The highest BCUT2D eigenvalue weighted by Crippen LogP contribution is 2.27. The highest BCUT2D eigenvalue weighted by atomic mass is 32.2. The van der Waals surface area contributed by atoms with Crippen molar-refractivity contribution >= 4 is 34.1 Å². The first-order chi connectivity index (χ1) is 11.7. The molecular weight excluding hydrogens is 318 g/mol. The summed E-state index contributed by atoms with van der Waals surface area (Å²) < 4.78 is 5.92. The van der Waals surface area contributed by atoms with Gasteiger partial charge in [-0.2, -0.15) is 0 Å².